The monoisotopic (exact) mass is 478 g/mol. The molecule has 3 aromatic heterocycles. The SMILES string of the molecule is CCCCn1c(=O)c2ccccc2n2c(SCC(=O)Nc3nc4ccc(C)cc4s3)nnc12. The Morgan fingerprint density at radius 1 is 1.18 bits per heavy atom. The van der Waals surface area contributed by atoms with E-state index < -0.39 is 0 Å². The van der Waals surface area contributed by atoms with Gasteiger partial charge in [-0.2, -0.15) is 0 Å². The summed E-state index contributed by atoms with van der Waals surface area (Å²) in [7, 11) is 0. The summed E-state index contributed by atoms with van der Waals surface area (Å²) in [6.45, 7) is 4.69. The van der Waals surface area contributed by atoms with Gasteiger partial charge in [-0.1, -0.05) is 54.6 Å². The van der Waals surface area contributed by atoms with Crippen LogP contribution in [0.15, 0.2) is 52.4 Å². The molecule has 0 saturated carbocycles. The van der Waals surface area contributed by atoms with E-state index in [-0.39, 0.29) is 17.2 Å². The summed E-state index contributed by atoms with van der Waals surface area (Å²) in [5, 5.41) is 13.2. The minimum absolute atomic E-state index is 0.0701. The van der Waals surface area contributed by atoms with Gasteiger partial charge in [-0.05, 0) is 43.2 Å². The number of amides is 1. The van der Waals surface area contributed by atoms with Crippen molar-refractivity contribution in [2.24, 2.45) is 0 Å². The van der Waals surface area contributed by atoms with Gasteiger partial charge in [0.05, 0.1) is 26.9 Å². The number of unbranched alkanes of at least 4 members (excludes halogenated alkanes) is 1. The number of aromatic nitrogens is 5. The molecule has 0 aliphatic rings. The number of hydrogen-bond donors (Lipinski definition) is 1. The Morgan fingerprint density at radius 3 is 2.88 bits per heavy atom. The van der Waals surface area contributed by atoms with E-state index in [1.54, 1.807) is 4.57 Å². The summed E-state index contributed by atoms with van der Waals surface area (Å²) in [4.78, 5) is 30.1. The van der Waals surface area contributed by atoms with E-state index in [0.717, 1.165) is 34.1 Å². The Kier molecular flexibility index (Phi) is 5.86. The summed E-state index contributed by atoms with van der Waals surface area (Å²) < 4.78 is 4.58. The first-order chi connectivity index (χ1) is 16.0. The number of carbonyl (C=O) groups is 1. The van der Waals surface area contributed by atoms with Crippen molar-refractivity contribution in [3.63, 3.8) is 0 Å². The van der Waals surface area contributed by atoms with Gasteiger partial charge in [-0.3, -0.25) is 18.6 Å². The Hall–Kier alpha value is -3.24. The second kappa shape index (κ2) is 8.95. The lowest BCUT2D eigenvalue weighted by Crippen LogP contribution is -2.23. The van der Waals surface area contributed by atoms with Crippen molar-refractivity contribution in [3.05, 3.63) is 58.4 Å². The van der Waals surface area contributed by atoms with E-state index in [2.05, 4.69) is 33.5 Å². The standard InChI is InChI=1S/C23H22N6O2S2/c1-3-4-11-28-20(31)15-7-5-6-8-17(15)29-22(28)26-27-23(29)32-13-19(30)25-21-24-16-10-9-14(2)12-18(16)33-21/h5-10,12H,3-4,11,13H2,1-2H3,(H,24,25,30). The number of nitrogens with zero attached hydrogens (tertiary/aromatic N) is 5. The normalized spacial score (nSPS) is 11.6. The molecule has 8 nitrogen and oxygen atoms in total. The molecule has 1 amide bonds. The van der Waals surface area contributed by atoms with Crippen LogP contribution in [-0.2, 0) is 11.3 Å². The second-order valence-corrected chi connectivity index (χ2v) is 9.75. The highest BCUT2D eigenvalue weighted by atomic mass is 32.2. The average molecular weight is 479 g/mol. The number of para-hydroxylation sites is 1. The predicted octanol–water partition coefficient (Wildman–Crippen LogP) is 4.49. The summed E-state index contributed by atoms with van der Waals surface area (Å²) in [5.41, 5.74) is 2.69. The van der Waals surface area contributed by atoms with Gasteiger partial charge in [0.25, 0.3) is 5.56 Å². The van der Waals surface area contributed by atoms with Crippen LogP contribution < -0.4 is 10.9 Å². The van der Waals surface area contributed by atoms with Gasteiger partial charge in [-0.25, -0.2) is 4.98 Å². The lowest BCUT2D eigenvalue weighted by atomic mass is 10.2. The van der Waals surface area contributed by atoms with E-state index in [4.69, 9.17) is 0 Å². The summed E-state index contributed by atoms with van der Waals surface area (Å²) in [5.74, 6) is 0.478. The number of nitrogens with one attached hydrogen (secondary N) is 1. The van der Waals surface area contributed by atoms with Crippen molar-refractivity contribution in [2.75, 3.05) is 11.1 Å². The smallest absolute Gasteiger partial charge is 0.262 e. The van der Waals surface area contributed by atoms with Crippen molar-refractivity contribution in [2.45, 2.75) is 38.4 Å². The van der Waals surface area contributed by atoms with Crippen molar-refractivity contribution >= 4 is 61.0 Å². The molecule has 5 aromatic rings. The van der Waals surface area contributed by atoms with Gasteiger partial charge in [0.2, 0.25) is 11.7 Å². The lowest BCUT2D eigenvalue weighted by molar-refractivity contribution is -0.113. The van der Waals surface area contributed by atoms with E-state index in [9.17, 15) is 9.59 Å². The molecule has 10 heteroatoms. The Labute approximate surface area is 197 Å². The highest BCUT2D eigenvalue weighted by Crippen LogP contribution is 2.27. The van der Waals surface area contributed by atoms with Crippen LogP contribution >= 0.6 is 23.1 Å². The number of hydrogen-bond acceptors (Lipinski definition) is 7. The number of aryl methyl sites for hydroxylation is 2. The van der Waals surface area contributed by atoms with Crippen molar-refractivity contribution < 1.29 is 4.79 Å². The van der Waals surface area contributed by atoms with Crippen LogP contribution in [0.1, 0.15) is 25.3 Å². The number of thiazole rings is 1. The van der Waals surface area contributed by atoms with Crippen LogP contribution in [0.4, 0.5) is 5.13 Å². The maximum atomic E-state index is 13.0. The van der Waals surface area contributed by atoms with E-state index >= 15 is 0 Å². The minimum Gasteiger partial charge on any atom is -0.301 e. The molecule has 0 atom stereocenters. The summed E-state index contributed by atoms with van der Waals surface area (Å²) in [6, 6.07) is 13.4. The first-order valence-electron chi connectivity index (χ1n) is 10.7. The molecule has 0 unspecified atom stereocenters. The number of fused-ring (bicyclic) bond motifs is 4. The molecular formula is C23H22N6O2S2. The fourth-order valence-electron chi connectivity index (χ4n) is 3.72. The third kappa shape index (κ3) is 4.11. The van der Waals surface area contributed by atoms with Crippen LogP contribution in [0.3, 0.4) is 0 Å². The highest BCUT2D eigenvalue weighted by Gasteiger charge is 2.18. The predicted molar refractivity (Wildman–Crippen MR) is 133 cm³/mol. The average Bonchev–Trinajstić information content (AvgIpc) is 3.41. The van der Waals surface area contributed by atoms with E-state index in [0.29, 0.717) is 28.0 Å². The van der Waals surface area contributed by atoms with Crippen LogP contribution in [0, 0.1) is 6.92 Å². The highest BCUT2D eigenvalue weighted by molar-refractivity contribution is 7.99. The van der Waals surface area contributed by atoms with Gasteiger partial charge in [-0.15, -0.1) is 10.2 Å². The zero-order chi connectivity index (χ0) is 22.9. The molecule has 0 saturated heterocycles. The van der Waals surface area contributed by atoms with Gasteiger partial charge >= 0.3 is 0 Å². The van der Waals surface area contributed by atoms with Crippen LogP contribution in [-0.4, -0.2) is 35.8 Å². The van der Waals surface area contributed by atoms with Gasteiger partial charge in [0.1, 0.15) is 0 Å². The van der Waals surface area contributed by atoms with Crippen LogP contribution in [0.5, 0.6) is 0 Å². The van der Waals surface area contributed by atoms with Crippen molar-refractivity contribution in [1.82, 2.24) is 24.1 Å². The van der Waals surface area contributed by atoms with Crippen LogP contribution in [0.2, 0.25) is 0 Å². The number of anilines is 1. The molecule has 0 aliphatic carbocycles. The first-order valence-corrected chi connectivity index (χ1v) is 12.5. The largest absolute Gasteiger partial charge is 0.301 e. The maximum Gasteiger partial charge on any atom is 0.262 e. The first kappa shape index (κ1) is 21.6. The Balaban J connectivity index is 1.42. The Bertz CT molecular complexity index is 1550. The third-order valence-corrected chi connectivity index (χ3v) is 7.20. The topological polar surface area (TPSA) is 94.2 Å². The molecule has 1 N–H and O–H groups in total. The Morgan fingerprint density at radius 2 is 2.03 bits per heavy atom. The molecule has 0 spiro atoms. The van der Waals surface area contributed by atoms with Gasteiger partial charge in [0, 0.05) is 6.54 Å². The van der Waals surface area contributed by atoms with E-state index in [1.165, 1.54) is 23.1 Å². The molecule has 2 aromatic carbocycles. The van der Waals surface area contributed by atoms with Gasteiger partial charge in [0.15, 0.2) is 10.3 Å². The van der Waals surface area contributed by atoms with Gasteiger partial charge < -0.3 is 5.32 Å². The number of thioether (sulfide) groups is 1. The van der Waals surface area contributed by atoms with E-state index in [1.807, 2.05) is 47.7 Å². The molecular weight excluding hydrogens is 456 g/mol. The molecule has 3 heterocycles. The fraction of sp³-hybridized carbons (Fsp3) is 0.261. The molecule has 0 radical (unpaired) electrons. The molecule has 5 rings (SSSR count). The second-order valence-electron chi connectivity index (χ2n) is 7.77. The maximum absolute atomic E-state index is 13.0. The molecule has 0 bridgehead atoms. The number of rotatable bonds is 7. The fourth-order valence-corrected chi connectivity index (χ4v) is 5.44. The van der Waals surface area contributed by atoms with Crippen LogP contribution in [0.25, 0.3) is 26.9 Å². The minimum atomic E-state index is -0.170. The quantitative estimate of drug-likeness (QED) is 0.346. The molecule has 0 fully saturated rings. The number of carbonyl (C=O) groups excluding carboxylic acids is 1. The van der Waals surface area contributed by atoms with Crippen molar-refractivity contribution in [3.8, 4) is 0 Å². The molecule has 0 aliphatic heterocycles. The summed E-state index contributed by atoms with van der Waals surface area (Å²) >= 11 is 2.74. The zero-order valence-corrected chi connectivity index (χ0v) is 19.9. The van der Waals surface area contributed by atoms with Crippen molar-refractivity contribution in [1.29, 1.82) is 0 Å². The lowest BCUT2D eigenvalue weighted by Gasteiger charge is -2.10. The number of benzene rings is 2. The molecule has 33 heavy (non-hydrogen) atoms. The molecule has 168 valence electrons. The zero-order valence-electron chi connectivity index (χ0n) is 18.2. The third-order valence-electron chi connectivity index (χ3n) is 5.34. The summed E-state index contributed by atoms with van der Waals surface area (Å²) in [6.07, 6.45) is 1.83.